The minimum absolute atomic E-state index is 0.841. The van der Waals surface area contributed by atoms with Crippen LogP contribution in [0.2, 0.25) is 0 Å². The first kappa shape index (κ1) is 34.9. The van der Waals surface area contributed by atoms with Crippen molar-refractivity contribution < 1.29 is 4.42 Å². The van der Waals surface area contributed by atoms with Gasteiger partial charge in [-0.1, -0.05) is 194 Å². The Morgan fingerprint density at radius 3 is 1.56 bits per heavy atom. The number of furan rings is 1. The molecule has 0 bridgehead atoms. The Labute approximate surface area is 352 Å². The molecule has 0 N–H and O–H groups in total. The second kappa shape index (κ2) is 14.3. The number of aromatic nitrogens is 2. The Kier molecular flexibility index (Phi) is 8.17. The van der Waals surface area contributed by atoms with Crippen molar-refractivity contribution in [3.8, 4) is 67.3 Å². The average molecular weight is 777 g/mol. The highest BCUT2D eigenvalue weighted by molar-refractivity contribution is 6.15. The minimum Gasteiger partial charge on any atom is -0.455 e. The smallest absolute Gasteiger partial charge is 0.143 e. The van der Waals surface area contributed by atoms with E-state index in [2.05, 4.69) is 206 Å². The van der Waals surface area contributed by atoms with Crippen molar-refractivity contribution in [3.63, 3.8) is 0 Å². The summed E-state index contributed by atoms with van der Waals surface area (Å²) in [7, 11) is 0. The Bertz CT molecular complexity index is 3630. The maximum absolute atomic E-state index is 7.31. The lowest BCUT2D eigenvalue weighted by Crippen LogP contribution is -1.91. The van der Waals surface area contributed by atoms with Gasteiger partial charge in [-0.05, 0) is 72.8 Å². The first-order chi connectivity index (χ1) is 30.3. The van der Waals surface area contributed by atoms with Crippen LogP contribution in [0.5, 0.6) is 0 Å². The van der Waals surface area contributed by atoms with Gasteiger partial charge in [0.2, 0.25) is 0 Å². The van der Waals surface area contributed by atoms with E-state index in [0.717, 1.165) is 99.9 Å². The van der Waals surface area contributed by atoms with E-state index in [9.17, 15) is 0 Å². The number of hydrogen-bond donors (Lipinski definition) is 0. The molecule has 61 heavy (non-hydrogen) atoms. The maximum atomic E-state index is 7.31. The fourth-order valence-electron chi connectivity index (χ4n) is 9.28. The maximum Gasteiger partial charge on any atom is 0.143 e. The van der Waals surface area contributed by atoms with Gasteiger partial charge in [0, 0.05) is 44.8 Å². The van der Waals surface area contributed by atoms with Crippen LogP contribution in [0, 0.1) is 0 Å². The zero-order valence-corrected chi connectivity index (χ0v) is 33.1. The second-order valence-electron chi connectivity index (χ2n) is 15.6. The van der Waals surface area contributed by atoms with Crippen LogP contribution in [-0.4, -0.2) is 9.97 Å². The van der Waals surface area contributed by atoms with Crippen LogP contribution in [-0.2, 0) is 0 Å². The number of nitrogens with zero attached hydrogens (tertiary/aromatic N) is 2. The predicted octanol–water partition coefficient (Wildman–Crippen LogP) is 15.8. The van der Waals surface area contributed by atoms with Gasteiger partial charge in [0.15, 0.2) is 0 Å². The molecule has 12 rings (SSSR count). The molecule has 284 valence electrons. The van der Waals surface area contributed by atoms with Gasteiger partial charge in [0.1, 0.15) is 11.5 Å². The SMILES string of the molecule is c1ccc(-c2c(-c3ccc(-c4ccc(-c5ccc6ccc7cccnc7c6n5)c5ccccc45)cc3)oc(-c3cc4ccccc4c4ccccc34)c2-c2ccccc2)cc1. The molecule has 9 aromatic carbocycles. The van der Waals surface area contributed by atoms with Crippen LogP contribution >= 0.6 is 0 Å². The van der Waals surface area contributed by atoms with E-state index < -0.39 is 0 Å². The molecule has 3 aromatic heterocycles. The standard InChI is InChI=1S/C58H36N2O/c1-3-14-38(15-4-1)53-54(39-16-5-2-6-17-39)58(51-36-43-18-7-8-20-44(43)46-21-10-12-24-49(46)51)61-57(53)42-29-25-37(26-30-42)45-32-33-50(48-23-11-9-22-47(45)48)52-34-31-41-28-27-40-19-13-35-59-55(40)56(41)60-52/h1-36H. The zero-order valence-electron chi connectivity index (χ0n) is 33.1. The molecule has 0 fully saturated rings. The minimum atomic E-state index is 0.841. The first-order valence-corrected chi connectivity index (χ1v) is 20.7. The second-order valence-corrected chi connectivity index (χ2v) is 15.6. The third-order valence-electron chi connectivity index (χ3n) is 12.1. The highest BCUT2D eigenvalue weighted by Gasteiger charge is 2.27. The van der Waals surface area contributed by atoms with Gasteiger partial charge >= 0.3 is 0 Å². The van der Waals surface area contributed by atoms with Crippen molar-refractivity contribution in [1.29, 1.82) is 0 Å². The summed E-state index contributed by atoms with van der Waals surface area (Å²) in [5, 5.41) is 9.27. The molecule has 3 nitrogen and oxygen atoms in total. The van der Waals surface area contributed by atoms with E-state index in [0.29, 0.717) is 0 Å². The molecule has 0 radical (unpaired) electrons. The normalized spacial score (nSPS) is 11.6. The van der Waals surface area contributed by atoms with E-state index in [1.54, 1.807) is 0 Å². The summed E-state index contributed by atoms with van der Waals surface area (Å²) < 4.78 is 7.31. The van der Waals surface area contributed by atoms with Crippen molar-refractivity contribution in [2.75, 3.05) is 0 Å². The van der Waals surface area contributed by atoms with Crippen LogP contribution in [0.4, 0.5) is 0 Å². The molecule has 0 amide bonds. The van der Waals surface area contributed by atoms with Crippen LogP contribution in [0.1, 0.15) is 0 Å². The van der Waals surface area contributed by atoms with Gasteiger partial charge in [-0.3, -0.25) is 4.98 Å². The molecule has 12 aromatic rings. The van der Waals surface area contributed by atoms with Gasteiger partial charge in [0.05, 0.1) is 16.7 Å². The molecule has 0 saturated heterocycles. The summed E-state index contributed by atoms with van der Waals surface area (Å²) >= 11 is 0. The van der Waals surface area contributed by atoms with Crippen molar-refractivity contribution in [1.82, 2.24) is 9.97 Å². The third kappa shape index (κ3) is 5.82. The average Bonchev–Trinajstić information content (AvgIpc) is 3.74. The molecule has 0 spiro atoms. The Hall–Kier alpha value is -8.14. The predicted molar refractivity (Wildman–Crippen MR) is 254 cm³/mol. The molecule has 0 atom stereocenters. The number of pyridine rings is 2. The number of rotatable bonds is 6. The highest BCUT2D eigenvalue weighted by atomic mass is 16.3. The lowest BCUT2D eigenvalue weighted by atomic mass is 9.89. The largest absolute Gasteiger partial charge is 0.455 e. The molecule has 0 saturated carbocycles. The van der Waals surface area contributed by atoms with Crippen LogP contribution in [0.3, 0.4) is 0 Å². The summed E-state index contributed by atoms with van der Waals surface area (Å²) in [5.41, 5.74) is 12.6. The highest BCUT2D eigenvalue weighted by Crippen LogP contribution is 2.50. The van der Waals surface area contributed by atoms with Gasteiger partial charge in [-0.2, -0.15) is 0 Å². The monoisotopic (exact) mass is 776 g/mol. The molecule has 3 heteroatoms. The van der Waals surface area contributed by atoms with E-state index in [-0.39, 0.29) is 0 Å². The summed E-state index contributed by atoms with van der Waals surface area (Å²) in [6.07, 6.45) is 1.84. The summed E-state index contributed by atoms with van der Waals surface area (Å²) in [6.45, 7) is 0. The van der Waals surface area contributed by atoms with Gasteiger partial charge < -0.3 is 4.42 Å². The molecule has 3 heterocycles. The quantitative estimate of drug-likeness (QED) is 0.158. The molecule has 0 unspecified atom stereocenters. The molecule has 0 aliphatic rings. The Morgan fingerprint density at radius 2 is 0.836 bits per heavy atom. The van der Waals surface area contributed by atoms with Crippen molar-refractivity contribution in [2.45, 2.75) is 0 Å². The lowest BCUT2D eigenvalue weighted by molar-refractivity contribution is 0.599. The van der Waals surface area contributed by atoms with Crippen LogP contribution in [0.25, 0.3) is 121 Å². The fourth-order valence-corrected chi connectivity index (χ4v) is 9.28. The van der Waals surface area contributed by atoms with Gasteiger partial charge in [0.25, 0.3) is 0 Å². The van der Waals surface area contributed by atoms with E-state index >= 15 is 0 Å². The van der Waals surface area contributed by atoms with Crippen molar-refractivity contribution >= 4 is 54.1 Å². The van der Waals surface area contributed by atoms with E-state index in [4.69, 9.17) is 14.4 Å². The topological polar surface area (TPSA) is 38.9 Å². The molecular formula is C58H36N2O. The van der Waals surface area contributed by atoms with Crippen LogP contribution < -0.4 is 0 Å². The fraction of sp³-hybridized carbons (Fsp3) is 0. The lowest BCUT2D eigenvalue weighted by Gasteiger charge is -2.13. The van der Waals surface area contributed by atoms with E-state index in [1.165, 1.54) is 21.5 Å². The van der Waals surface area contributed by atoms with Crippen molar-refractivity contribution in [3.05, 3.63) is 219 Å². The third-order valence-corrected chi connectivity index (χ3v) is 12.1. The summed E-state index contributed by atoms with van der Waals surface area (Å²) in [5.74, 6) is 1.70. The first-order valence-electron chi connectivity index (χ1n) is 20.7. The number of benzene rings is 9. The summed E-state index contributed by atoms with van der Waals surface area (Å²) in [6, 6.07) is 75.5. The summed E-state index contributed by atoms with van der Waals surface area (Å²) in [4.78, 5) is 9.92. The Balaban J connectivity index is 1.03. The van der Waals surface area contributed by atoms with Gasteiger partial charge in [-0.25, -0.2) is 4.98 Å². The van der Waals surface area contributed by atoms with E-state index in [1.807, 2.05) is 12.3 Å². The van der Waals surface area contributed by atoms with Crippen LogP contribution in [0.15, 0.2) is 223 Å². The molecular weight excluding hydrogens is 741 g/mol. The molecule has 0 aliphatic heterocycles. The Morgan fingerprint density at radius 1 is 0.311 bits per heavy atom. The number of hydrogen-bond acceptors (Lipinski definition) is 3. The molecule has 0 aliphatic carbocycles. The number of fused-ring (bicyclic) bond motifs is 7. The van der Waals surface area contributed by atoms with Gasteiger partial charge in [-0.15, -0.1) is 0 Å². The zero-order chi connectivity index (χ0) is 40.3. The van der Waals surface area contributed by atoms with Crippen molar-refractivity contribution in [2.24, 2.45) is 0 Å².